The number of carboxylic acids is 1. The highest BCUT2D eigenvalue weighted by molar-refractivity contribution is 5.88. The summed E-state index contributed by atoms with van der Waals surface area (Å²) < 4.78 is 11.5. The van der Waals surface area contributed by atoms with Gasteiger partial charge in [-0.15, -0.1) is 0 Å². The van der Waals surface area contributed by atoms with Crippen LogP contribution in [0.15, 0.2) is 65.1 Å². The molecule has 1 N–H and O–H groups in total. The lowest BCUT2D eigenvalue weighted by molar-refractivity contribution is -0.137. The number of benzene rings is 3. The molecule has 0 radical (unpaired) electrons. The third-order valence-electron chi connectivity index (χ3n) is 4.16. The van der Waals surface area contributed by atoms with E-state index in [2.05, 4.69) is 4.98 Å². The molecule has 0 aliphatic carbocycles. The van der Waals surface area contributed by atoms with Crippen molar-refractivity contribution in [3.63, 3.8) is 0 Å². The summed E-state index contributed by atoms with van der Waals surface area (Å²) in [5.41, 5.74) is 2.53. The maximum atomic E-state index is 10.5. The van der Waals surface area contributed by atoms with Gasteiger partial charge in [-0.1, -0.05) is 24.3 Å². The Labute approximate surface area is 149 Å². The molecule has 0 spiro atoms. The van der Waals surface area contributed by atoms with E-state index in [4.69, 9.17) is 14.3 Å². The Morgan fingerprint density at radius 2 is 1.85 bits per heavy atom. The summed E-state index contributed by atoms with van der Waals surface area (Å²) in [4.78, 5) is 15.1. The van der Waals surface area contributed by atoms with E-state index in [-0.39, 0.29) is 6.42 Å². The topological polar surface area (TPSA) is 72.6 Å². The van der Waals surface area contributed by atoms with Crippen molar-refractivity contribution in [1.29, 1.82) is 0 Å². The van der Waals surface area contributed by atoms with Gasteiger partial charge < -0.3 is 14.3 Å². The number of rotatable bonds is 6. The van der Waals surface area contributed by atoms with Crippen molar-refractivity contribution in [3.05, 3.63) is 60.7 Å². The molecule has 0 aliphatic rings. The Balaban J connectivity index is 1.55. The van der Waals surface area contributed by atoms with Crippen molar-refractivity contribution < 1.29 is 19.1 Å². The monoisotopic (exact) mass is 347 g/mol. The molecule has 4 aromatic rings. The number of ether oxygens (including phenoxy) is 1. The molecule has 0 aliphatic heterocycles. The maximum Gasteiger partial charge on any atom is 0.303 e. The highest BCUT2D eigenvalue weighted by atomic mass is 16.5. The van der Waals surface area contributed by atoms with E-state index in [1.165, 1.54) is 0 Å². The summed E-state index contributed by atoms with van der Waals surface area (Å²) in [6, 6.07) is 19.5. The van der Waals surface area contributed by atoms with Gasteiger partial charge in [0.25, 0.3) is 0 Å². The molecule has 4 rings (SSSR count). The number of para-hydroxylation sites is 2. The van der Waals surface area contributed by atoms with Crippen molar-refractivity contribution in [2.24, 2.45) is 0 Å². The molecule has 0 atom stereocenters. The smallest absolute Gasteiger partial charge is 0.303 e. The first kappa shape index (κ1) is 16.1. The van der Waals surface area contributed by atoms with Crippen molar-refractivity contribution in [3.8, 4) is 17.2 Å². The Hall–Kier alpha value is -3.34. The number of carboxylic acid groups (broad SMARTS) is 1. The predicted octanol–water partition coefficient (Wildman–Crippen LogP) is 4.89. The van der Waals surface area contributed by atoms with Crippen LogP contribution in [0, 0.1) is 0 Å². The zero-order valence-corrected chi connectivity index (χ0v) is 14.0. The van der Waals surface area contributed by atoms with Crippen LogP contribution in [0.5, 0.6) is 5.75 Å². The van der Waals surface area contributed by atoms with Gasteiger partial charge in [0.05, 0.1) is 6.61 Å². The number of aliphatic carboxylic acids is 1. The van der Waals surface area contributed by atoms with Gasteiger partial charge in [-0.05, 0) is 53.6 Å². The van der Waals surface area contributed by atoms with Crippen LogP contribution in [0.3, 0.4) is 0 Å². The number of nitrogens with zero attached hydrogens (tertiary/aromatic N) is 1. The van der Waals surface area contributed by atoms with Gasteiger partial charge in [0.1, 0.15) is 11.3 Å². The normalized spacial score (nSPS) is 11.1. The van der Waals surface area contributed by atoms with Gasteiger partial charge in [0, 0.05) is 12.0 Å². The molecule has 3 aromatic carbocycles. The summed E-state index contributed by atoms with van der Waals surface area (Å²) in [6.07, 6.45) is 0.603. The Morgan fingerprint density at radius 1 is 1.04 bits per heavy atom. The summed E-state index contributed by atoms with van der Waals surface area (Å²) in [5, 5.41) is 10.8. The van der Waals surface area contributed by atoms with Crippen molar-refractivity contribution in [2.75, 3.05) is 6.61 Å². The van der Waals surface area contributed by atoms with E-state index < -0.39 is 5.97 Å². The highest BCUT2D eigenvalue weighted by Gasteiger charge is 2.09. The summed E-state index contributed by atoms with van der Waals surface area (Å²) in [5.74, 6) is 0.526. The van der Waals surface area contributed by atoms with Crippen molar-refractivity contribution >= 4 is 27.8 Å². The molecule has 130 valence electrons. The van der Waals surface area contributed by atoms with Crippen LogP contribution in [-0.2, 0) is 4.79 Å². The fourth-order valence-electron chi connectivity index (χ4n) is 2.86. The molecule has 1 aromatic heterocycles. The van der Waals surface area contributed by atoms with Crippen LogP contribution in [-0.4, -0.2) is 22.7 Å². The molecule has 5 heteroatoms. The average Bonchev–Trinajstić information content (AvgIpc) is 3.09. The number of oxazole rings is 1. The van der Waals surface area contributed by atoms with Crippen molar-refractivity contribution in [1.82, 2.24) is 4.98 Å². The fraction of sp³-hybridized carbons (Fsp3) is 0.143. The second kappa shape index (κ2) is 6.88. The van der Waals surface area contributed by atoms with E-state index in [9.17, 15) is 4.79 Å². The molecule has 0 saturated carbocycles. The van der Waals surface area contributed by atoms with Crippen molar-refractivity contribution in [2.45, 2.75) is 12.8 Å². The number of fused-ring (bicyclic) bond motifs is 2. The van der Waals surface area contributed by atoms with Crippen LogP contribution >= 0.6 is 0 Å². The van der Waals surface area contributed by atoms with Gasteiger partial charge >= 0.3 is 5.97 Å². The molecule has 0 unspecified atom stereocenters. The highest BCUT2D eigenvalue weighted by Crippen LogP contribution is 2.28. The number of hydrogen-bond donors (Lipinski definition) is 1. The van der Waals surface area contributed by atoms with Crippen LogP contribution in [0.1, 0.15) is 12.8 Å². The summed E-state index contributed by atoms with van der Waals surface area (Å²) in [7, 11) is 0. The molecule has 5 nitrogen and oxygen atoms in total. The molecular weight excluding hydrogens is 330 g/mol. The third-order valence-corrected chi connectivity index (χ3v) is 4.16. The standard InChI is InChI=1S/C21H17NO4/c23-20(24)6-3-11-25-17-10-9-14-12-16(8-7-15(14)13-17)21-22-18-4-1-2-5-19(18)26-21/h1-2,4-5,7-10,12-13H,3,6,11H2,(H,23,24). The zero-order chi connectivity index (χ0) is 17.9. The molecular formula is C21H17NO4. The van der Waals surface area contributed by atoms with E-state index in [0.717, 1.165) is 33.2 Å². The molecule has 0 bridgehead atoms. The van der Waals surface area contributed by atoms with Crippen LogP contribution < -0.4 is 4.74 Å². The molecule has 0 saturated heterocycles. The van der Waals surface area contributed by atoms with Gasteiger partial charge in [0.2, 0.25) is 5.89 Å². The fourth-order valence-corrected chi connectivity index (χ4v) is 2.86. The number of carbonyl (C=O) groups is 1. The Morgan fingerprint density at radius 3 is 2.69 bits per heavy atom. The second-order valence-corrected chi connectivity index (χ2v) is 6.06. The second-order valence-electron chi connectivity index (χ2n) is 6.06. The largest absolute Gasteiger partial charge is 0.494 e. The van der Waals surface area contributed by atoms with E-state index in [1.807, 2.05) is 60.7 Å². The van der Waals surface area contributed by atoms with Gasteiger partial charge in [0.15, 0.2) is 5.58 Å². The lowest BCUT2D eigenvalue weighted by Crippen LogP contribution is -2.01. The maximum absolute atomic E-state index is 10.5. The van der Waals surface area contributed by atoms with Gasteiger partial charge in [-0.25, -0.2) is 4.98 Å². The number of aromatic nitrogens is 1. The first-order chi connectivity index (χ1) is 12.7. The zero-order valence-electron chi connectivity index (χ0n) is 14.0. The van der Waals surface area contributed by atoms with E-state index >= 15 is 0 Å². The van der Waals surface area contributed by atoms with Crippen LogP contribution in [0.2, 0.25) is 0 Å². The SMILES string of the molecule is O=C(O)CCCOc1ccc2cc(-c3nc4ccccc4o3)ccc2c1. The minimum Gasteiger partial charge on any atom is -0.494 e. The average molecular weight is 347 g/mol. The first-order valence-corrected chi connectivity index (χ1v) is 8.43. The van der Waals surface area contributed by atoms with Crippen LogP contribution in [0.4, 0.5) is 0 Å². The lowest BCUT2D eigenvalue weighted by atomic mass is 10.1. The lowest BCUT2D eigenvalue weighted by Gasteiger charge is -2.07. The van der Waals surface area contributed by atoms with E-state index in [0.29, 0.717) is 18.9 Å². The summed E-state index contributed by atoms with van der Waals surface area (Å²) >= 11 is 0. The molecule has 0 amide bonds. The first-order valence-electron chi connectivity index (χ1n) is 8.43. The summed E-state index contributed by atoms with van der Waals surface area (Å²) in [6.45, 7) is 0.388. The number of hydrogen-bond acceptors (Lipinski definition) is 4. The van der Waals surface area contributed by atoms with E-state index in [1.54, 1.807) is 0 Å². The Bertz CT molecular complexity index is 1050. The molecule has 0 fully saturated rings. The van der Waals surface area contributed by atoms with Gasteiger partial charge in [-0.3, -0.25) is 4.79 Å². The van der Waals surface area contributed by atoms with Crippen LogP contribution in [0.25, 0.3) is 33.3 Å². The Kier molecular flexibility index (Phi) is 4.27. The third kappa shape index (κ3) is 3.37. The minimum atomic E-state index is -0.807. The quantitative estimate of drug-likeness (QED) is 0.503. The predicted molar refractivity (Wildman–Crippen MR) is 99.3 cm³/mol. The van der Waals surface area contributed by atoms with Gasteiger partial charge in [-0.2, -0.15) is 0 Å². The molecule has 26 heavy (non-hydrogen) atoms. The minimum absolute atomic E-state index is 0.113. The molecule has 1 heterocycles.